The zero-order chi connectivity index (χ0) is 17.0. The SMILES string of the molecule is Cc1cccc(N2CCC(NC(=O)C3(CN)CCOCC3)CC2)n1. The maximum atomic E-state index is 12.7. The molecule has 0 radical (unpaired) electrons. The summed E-state index contributed by atoms with van der Waals surface area (Å²) in [4.78, 5) is 19.6. The Hall–Kier alpha value is -1.66. The Morgan fingerprint density at radius 2 is 2.08 bits per heavy atom. The predicted molar refractivity (Wildman–Crippen MR) is 93.9 cm³/mol. The lowest BCUT2D eigenvalue weighted by Gasteiger charge is -2.38. The summed E-state index contributed by atoms with van der Waals surface area (Å²) in [6.07, 6.45) is 3.33. The Kier molecular flexibility index (Phi) is 5.36. The number of amides is 1. The van der Waals surface area contributed by atoms with Crippen molar-refractivity contribution in [3.8, 4) is 0 Å². The van der Waals surface area contributed by atoms with Crippen molar-refractivity contribution in [2.24, 2.45) is 11.1 Å². The Morgan fingerprint density at radius 3 is 2.71 bits per heavy atom. The third-order valence-corrected chi connectivity index (χ3v) is 5.35. The van der Waals surface area contributed by atoms with Gasteiger partial charge in [0, 0.05) is 44.6 Å². The summed E-state index contributed by atoms with van der Waals surface area (Å²) in [6, 6.07) is 6.33. The molecule has 3 N–H and O–H groups in total. The van der Waals surface area contributed by atoms with Crippen molar-refractivity contribution < 1.29 is 9.53 Å². The first-order valence-corrected chi connectivity index (χ1v) is 8.90. The molecule has 1 aromatic heterocycles. The molecule has 0 aromatic carbocycles. The molecule has 0 spiro atoms. The first kappa shape index (κ1) is 17.2. The number of piperidine rings is 1. The molecule has 0 saturated carbocycles. The molecule has 0 aliphatic carbocycles. The summed E-state index contributed by atoms with van der Waals surface area (Å²) in [7, 11) is 0. The third kappa shape index (κ3) is 3.70. The number of rotatable bonds is 4. The summed E-state index contributed by atoms with van der Waals surface area (Å²) in [5.74, 6) is 1.14. The van der Waals surface area contributed by atoms with E-state index < -0.39 is 5.41 Å². The van der Waals surface area contributed by atoms with Crippen molar-refractivity contribution in [3.63, 3.8) is 0 Å². The van der Waals surface area contributed by atoms with Gasteiger partial charge in [-0.2, -0.15) is 0 Å². The number of carbonyl (C=O) groups excluding carboxylic acids is 1. The van der Waals surface area contributed by atoms with Gasteiger partial charge in [0.05, 0.1) is 5.41 Å². The van der Waals surface area contributed by atoms with Crippen molar-refractivity contribution in [1.29, 1.82) is 0 Å². The first-order valence-electron chi connectivity index (χ1n) is 8.90. The number of anilines is 1. The molecule has 1 aromatic rings. The van der Waals surface area contributed by atoms with Crippen LogP contribution in [0.3, 0.4) is 0 Å². The molecule has 6 heteroatoms. The highest BCUT2D eigenvalue weighted by atomic mass is 16.5. The molecule has 0 unspecified atom stereocenters. The van der Waals surface area contributed by atoms with Crippen LogP contribution in [0.5, 0.6) is 0 Å². The predicted octanol–water partition coefficient (Wildman–Crippen LogP) is 1.23. The molecule has 1 amide bonds. The average molecular weight is 332 g/mol. The van der Waals surface area contributed by atoms with Crippen LogP contribution in [0.15, 0.2) is 18.2 Å². The van der Waals surface area contributed by atoms with E-state index in [1.807, 2.05) is 19.1 Å². The van der Waals surface area contributed by atoms with Gasteiger partial charge in [0.15, 0.2) is 0 Å². The molecular weight excluding hydrogens is 304 g/mol. The van der Waals surface area contributed by atoms with Crippen LogP contribution in [0.25, 0.3) is 0 Å². The van der Waals surface area contributed by atoms with Gasteiger partial charge >= 0.3 is 0 Å². The fourth-order valence-corrected chi connectivity index (χ4v) is 3.58. The van der Waals surface area contributed by atoms with Gasteiger partial charge in [-0.15, -0.1) is 0 Å². The number of carbonyl (C=O) groups is 1. The van der Waals surface area contributed by atoms with E-state index in [4.69, 9.17) is 10.5 Å². The number of ether oxygens (including phenoxy) is 1. The molecule has 24 heavy (non-hydrogen) atoms. The average Bonchev–Trinajstić information content (AvgIpc) is 2.63. The highest BCUT2D eigenvalue weighted by molar-refractivity contribution is 5.83. The Morgan fingerprint density at radius 1 is 1.38 bits per heavy atom. The number of nitrogens with two attached hydrogens (primary N) is 1. The Balaban J connectivity index is 1.54. The number of hydrogen-bond donors (Lipinski definition) is 2. The van der Waals surface area contributed by atoms with E-state index >= 15 is 0 Å². The van der Waals surface area contributed by atoms with Crippen LogP contribution in [0.1, 0.15) is 31.4 Å². The molecule has 2 saturated heterocycles. The van der Waals surface area contributed by atoms with Crippen molar-refractivity contribution in [1.82, 2.24) is 10.3 Å². The van der Waals surface area contributed by atoms with Crippen LogP contribution in [0, 0.1) is 12.3 Å². The zero-order valence-corrected chi connectivity index (χ0v) is 14.5. The minimum Gasteiger partial charge on any atom is -0.381 e. The fraction of sp³-hybridized carbons (Fsp3) is 0.667. The molecule has 6 nitrogen and oxygen atoms in total. The maximum absolute atomic E-state index is 12.7. The number of aryl methyl sites for hydroxylation is 1. The minimum atomic E-state index is -0.437. The Labute approximate surface area is 143 Å². The van der Waals surface area contributed by atoms with Crippen LogP contribution in [0.4, 0.5) is 5.82 Å². The third-order valence-electron chi connectivity index (χ3n) is 5.35. The van der Waals surface area contributed by atoms with Crippen LogP contribution in [0.2, 0.25) is 0 Å². The van der Waals surface area contributed by atoms with Crippen molar-refractivity contribution in [2.75, 3.05) is 37.7 Å². The Bertz CT molecular complexity index is 564. The quantitative estimate of drug-likeness (QED) is 0.867. The lowest BCUT2D eigenvalue weighted by molar-refractivity contribution is -0.136. The van der Waals surface area contributed by atoms with Crippen LogP contribution >= 0.6 is 0 Å². The van der Waals surface area contributed by atoms with E-state index in [1.165, 1.54) is 0 Å². The molecule has 3 heterocycles. The number of aromatic nitrogens is 1. The van der Waals surface area contributed by atoms with Gasteiger partial charge in [-0.05, 0) is 44.7 Å². The molecule has 2 fully saturated rings. The first-order chi connectivity index (χ1) is 11.6. The number of hydrogen-bond acceptors (Lipinski definition) is 5. The van der Waals surface area contributed by atoms with Gasteiger partial charge in [-0.25, -0.2) is 4.98 Å². The smallest absolute Gasteiger partial charge is 0.227 e. The second-order valence-electron chi connectivity index (χ2n) is 6.97. The van der Waals surface area contributed by atoms with E-state index in [1.54, 1.807) is 0 Å². The lowest BCUT2D eigenvalue weighted by Crippen LogP contribution is -2.53. The summed E-state index contributed by atoms with van der Waals surface area (Å²) >= 11 is 0. The lowest BCUT2D eigenvalue weighted by atomic mass is 9.79. The van der Waals surface area contributed by atoms with Crippen LogP contribution in [-0.2, 0) is 9.53 Å². The fourth-order valence-electron chi connectivity index (χ4n) is 3.58. The highest BCUT2D eigenvalue weighted by Crippen LogP contribution is 2.30. The second kappa shape index (κ2) is 7.49. The molecule has 0 atom stereocenters. The normalized spacial score (nSPS) is 21.5. The maximum Gasteiger partial charge on any atom is 0.227 e. The molecular formula is C18H28N4O2. The van der Waals surface area contributed by atoms with Gasteiger partial charge in [0.1, 0.15) is 5.82 Å². The van der Waals surface area contributed by atoms with Gasteiger partial charge in [0.25, 0.3) is 0 Å². The van der Waals surface area contributed by atoms with Crippen molar-refractivity contribution >= 4 is 11.7 Å². The summed E-state index contributed by atoms with van der Waals surface area (Å²) in [5.41, 5.74) is 6.52. The summed E-state index contributed by atoms with van der Waals surface area (Å²) < 4.78 is 5.39. The molecule has 132 valence electrons. The monoisotopic (exact) mass is 332 g/mol. The molecule has 0 bridgehead atoms. The van der Waals surface area contributed by atoms with Crippen molar-refractivity contribution in [3.05, 3.63) is 23.9 Å². The minimum absolute atomic E-state index is 0.112. The van der Waals surface area contributed by atoms with E-state index in [0.29, 0.717) is 19.8 Å². The van der Waals surface area contributed by atoms with Crippen molar-refractivity contribution in [2.45, 2.75) is 38.6 Å². The van der Waals surface area contributed by atoms with Crippen LogP contribution < -0.4 is 16.0 Å². The van der Waals surface area contributed by atoms with E-state index in [9.17, 15) is 4.79 Å². The molecule has 2 aliphatic rings. The largest absolute Gasteiger partial charge is 0.381 e. The van der Waals surface area contributed by atoms with Gasteiger partial charge < -0.3 is 20.7 Å². The van der Waals surface area contributed by atoms with Gasteiger partial charge in [0.2, 0.25) is 5.91 Å². The summed E-state index contributed by atoms with van der Waals surface area (Å²) in [6.45, 7) is 5.50. The molecule has 2 aliphatic heterocycles. The number of nitrogens with zero attached hydrogens (tertiary/aromatic N) is 2. The van der Waals surface area contributed by atoms with E-state index in [-0.39, 0.29) is 11.9 Å². The van der Waals surface area contributed by atoms with Crippen LogP contribution in [-0.4, -0.2) is 49.8 Å². The topological polar surface area (TPSA) is 80.5 Å². The summed E-state index contributed by atoms with van der Waals surface area (Å²) in [5, 5.41) is 3.24. The van der Waals surface area contributed by atoms with E-state index in [2.05, 4.69) is 21.3 Å². The molecule has 3 rings (SSSR count). The van der Waals surface area contributed by atoms with Gasteiger partial charge in [-0.3, -0.25) is 4.79 Å². The standard InChI is InChI=1S/C18H28N4O2/c1-14-3-2-4-16(20-14)22-9-5-15(6-10-22)21-17(23)18(13-19)7-11-24-12-8-18/h2-4,15H,5-13,19H2,1H3,(H,21,23). The number of nitrogens with one attached hydrogen (secondary N) is 1. The van der Waals surface area contributed by atoms with E-state index in [0.717, 1.165) is 50.3 Å². The second-order valence-corrected chi connectivity index (χ2v) is 6.97. The highest BCUT2D eigenvalue weighted by Gasteiger charge is 2.39. The number of pyridine rings is 1. The zero-order valence-electron chi connectivity index (χ0n) is 14.5. The van der Waals surface area contributed by atoms with Gasteiger partial charge in [-0.1, -0.05) is 6.07 Å².